The third-order valence-electron chi connectivity index (χ3n) is 2.48. The van der Waals surface area contributed by atoms with Gasteiger partial charge in [-0.15, -0.1) is 0 Å². The molecule has 1 heterocycles. The first kappa shape index (κ1) is 13.1. The minimum absolute atomic E-state index is 0.0244. The van der Waals surface area contributed by atoms with Gasteiger partial charge in [0.05, 0.1) is 6.61 Å². The van der Waals surface area contributed by atoms with Crippen molar-refractivity contribution in [3.8, 4) is 11.8 Å². The highest BCUT2D eigenvalue weighted by Crippen LogP contribution is 2.22. The van der Waals surface area contributed by atoms with Crippen molar-refractivity contribution < 1.29 is 18.7 Å². The lowest BCUT2D eigenvalue weighted by Gasteiger charge is -2.02. The summed E-state index contributed by atoms with van der Waals surface area (Å²) < 4.78 is 15.3. The molecule has 0 aliphatic carbocycles. The van der Waals surface area contributed by atoms with Gasteiger partial charge in [0.1, 0.15) is 12.0 Å². The second-order valence-corrected chi connectivity index (χ2v) is 3.82. The van der Waals surface area contributed by atoms with Gasteiger partial charge in [-0.3, -0.25) is 0 Å². The lowest BCUT2D eigenvalue weighted by Crippen LogP contribution is -2.04. The predicted octanol–water partition coefficient (Wildman–Crippen LogP) is 3.21. The highest BCUT2D eigenvalue weighted by atomic mass is 16.6. The van der Waals surface area contributed by atoms with Crippen molar-refractivity contribution >= 4 is 5.97 Å². The molecule has 0 unspecified atom stereocenters. The van der Waals surface area contributed by atoms with Crippen molar-refractivity contribution in [1.82, 2.24) is 4.98 Å². The van der Waals surface area contributed by atoms with Crippen LogP contribution in [0.4, 0.5) is 0 Å². The van der Waals surface area contributed by atoms with E-state index < -0.39 is 5.97 Å². The number of aryl methyl sites for hydroxylation is 1. The van der Waals surface area contributed by atoms with Crippen molar-refractivity contribution in [2.45, 2.75) is 20.3 Å². The molecule has 0 saturated heterocycles. The van der Waals surface area contributed by atoms with E-state index in [1.165, 1.54) is 6.26 Å². The number of esters is 1. The molecule has 5 nitrogen and oxygen atoms in total. The average molecular weight is 261 g/mol. The Labute approximate surface area is 111 Å². The Balaban J connectivity index is 2.09. The molecule has 0 aliphatic rings. The molecule has 19 heavy (non-hydrogen) atoms. The number of oxazole rings is 1. The minimum atomic E-state index is -0.525. The largest absolute Gasteiger partial charge is 0.461 e. The first-order valence-corrected chi connectivity index (χ1v) is 6.12. The normalized spacial score (nSPS) is 10.2. The summed E-state index contributed by atoms with van der Waals surface area (Å²) >= 11 is 0. The first-order valence-electron chi connectivity index (χ1n) is 6.12. The van der Waals surface area contributed by atoms with Crippen LogP contribution in [0.2, 0.25) is 0 Å². The van der Waals surface area contributed by atoms with Gasteiger partial charge in [-0.1, -0.05) is 19.1 Å². The van der Waals surface area contributed by atoms with E-state index in [0.717, 1.165) is 12.0 Å². The number of carbonyl (C=O) groups is 1. The van der Waals surface area contributed by atoms with E-state index in [4.69, 9.17) is 13.9 Å². The Morgan fingerprint density at radius 3 is 2.95 bits per heavy atom. The van der Waals surface area contributed by atoms with Gasteiger partial charge >= 0.3 is 12.0 Å². The van der Waals surface area contributed by atoms with Crippen molar-refractivity contribution in [3.63, 3.8) is 0 Å². The molecule has 0 atom stereocenters. The Kier molecular flexibility index (Phi) is 4.18. The predicted molar refractivity (Wildman–Crippen MR) is 68.4 cm³/mol. The van der Waals surface area contributed by atoms with Crippen molar-refractivity contribution in [1.29, 1.82) is 0 Å². The van der Waals surface area contributed by atoms with Crippen molar-refractivity contribution in [2.24, 2.45) is 0 Å². The van der Waals surface area contributed by atoms with Crippen molar-refractivity contribution in [2.75, 3.05) is 6.61 Å². The standard InChI is InChI=1S/C14H15NO4/c1-3-10-6-5-7-11(8-10)19-14-15-12(9-18-14)13(16)17-4-2/h5-9H,3-4H2,1-2H3. The van der Waals surface area contributed by atoms with Crippen LogP contribution in [0.25, 0.3) is 0 Å². The molecule has 0 N–H and O–H groups in total. The Bertz CT molecular complexity index is 562. The van der Waals surface area contributed by atoms with Crippen LogP contribution >= 0.6 is 0 Å². The van der Waals surface area contributed by atoms with Crippen LogP contribution < -0.4 is 4.74 Å². The molecular formula is C14H15NO4. The van der Waals surface area contributed by atoms with Crippen LogP contribution in [0.15, 0.2) is 34.9 Å². The van der Waals surface area contributed by atoms with Gasteiger partial charge in [-0.25, -0.2) is 4.79 Å². The van der Waals surface area contributed by atoms with Crippen LogP contribution in [0.3, 0.4) is 0 Å². The molecule has 0 saturated carbocycles. The number of nitrogens with zero attached hydrogens (tertiary/aromatic N) is 1. The highest BCUT2D eigenvalue weighted by molar-refractivity contribution is 5.86. The molecule has 0 fully saturated rings. The Hall–Kier alpha value is -2.30. The number of hydrogen-bond donors (Lipinski definition) is 0. The highest BCUT2D eigenvalue weighted by Gasteiger charge is 2.14. The smallest absolute Gasteiger partial charge is 0.399 e. The molecule has 5 heteroatoms. The first-order chi connectivity index (χ1) is 9.22. The summed E-state index contributed by atoms with van der Waals surface area (Å²) in [6.07, 6.45) is 2.16. The number of ether oxygens (including phenoxy) is 2. The summed E-state index contributed by atoms with van der Waals surface area (Å²) in [7, 11) is 0. The lowest BCUT2D eigenvalue weighted by atomic mass is 10.2. The number of rotatable bonds is 5. The van der Waals surface area contributed by atoms with Gasteiger partial charge < -0.3 is 13.9 Å². The van der Waals surface area contributed by atoms with Gasteiger partial charge in [0.25, 0.3) is 0 Å². The maximum atomic E-state index is 11.4. The molecule has 0 aliphatic heterocycles. The van der Waals surface area contributed by atoms with Gasteiger partial charge in [-0.05, 0) is 31.0 Å². The summed E-state index contributed by atoms with van der Waals surface area (Å²) in [5, 5.41) is 0. The lowest BCUT2D eigenvalue weighted by molar-refractivity contribution is 0.0519. The molecule has 1 aromatic heterocycles. The van der Waals surface area contributed by atoms with Crippen LogP contribution in [0.5, 0.6) is 11.8 Å². The van der Waals surface area contributed by atoms with E-state index in [0.29, 0.717) is 12.4 Å². The van der Waals surface area contributed by atoms with Crippen LogP contribution in [-0.2, 0) is 11.2 Å². The molecular weight excluding hydrogens is 246 g/mol. The molecule has 2 rings (SSSR count). The fraction of sp³-hybridized carbons (Fsp3) is 0.286. The summed E-state index contributed by atoms with van der Waals surface area (Å²) in [6.45, 7) is 4.08. The quantitative estimate of drug-likeness (QED) is 0.773. The summed E-state index contributed by atoms with van der Waals surface area (Å²) in [5.41, 5.74) is 1.25. The van der Waals surface area contributed by atoms with E-state index >= 15 is 0 Å². The zero-order valence-corrected chi connectivity index (χ0v) is 10.9. The molecule has 0 bridgehead atoms. The van der Waals surface area contributed by atoms with Gasteiger partial charge in [0.2, 0.25) is 0 Å². The van der Waals surface area contributed by atoms with E-state index in [9.17, 15) is 4.79 Å². The maximum absolute atomic E-state index is 11.4. The second-order valence-electron chi connectivity index (χ2n) is 3.82. The Morgan fingerprint density at radius 2 is 2.21 bits per heavy atom. The second kappa shape index (κ2) is 6.04. The molecule has 0 radical (unpaired) electrons. The third-order valence-corrected chi connectivity index (χ3v) is 2.48. The fourth-order valence-electron chi connectivity index (χ4n) is 1.53. The molecule has 1 aromatic carbocycles. The third kappa shape index (κ3) is 3.34. The van der Waals surface area contributed by atoms with Gasteiger partial charge in [-0.2, -0.15) is 4.98 Å². The molecule has 0 spiro atoms. The van der Waals surface area contributed by atoms with E-state index in [1.807, 2.05) is 18.2 Å². The monoisotopic (exact) mass is 261 g/mol. The summed E-state index contributed by atoms with van der Waals surface area (Å²) in [5.74, 6) is 0.0972. The van der Waals surface area contributed by atoms with Crippen LogP contribution in [-0.4, -0.2) is 17.6 Å². The number of hydrogen-bond acceptors (Lipinski definition) is 5. The van der Waals surface area contributed by atoms with Gasteiger partial charge in [0, 0.05) is 0 Å². The van der Waals surface area contributed by atoms with E-state index in [1.54, 1.807) is 13.0 Å². The van der Waals surface area contributed by atoms with Crippen molar-refractivity contribution in [3.05, 3.63) is 41.8 Å². The topological polar surface area (TPSA) is 61.6 Å². The number of benzene rings is 1. The SMILES string of the molecule is CCOC(=O)c1coc(Oc2cccc(CC)c2)n1. The molecule has 0 amide bonds. The van der Waals surface area contributed by atoms with Gasteiger partial charge in [0.15, 0.2) is 5.69 Å². The number of carbonyl (C=O) groups excluding carboxylic acids is 1. The Morgan fingerprint density at radius 1 is 1.37 bits per heavy atom. The summed E-state index contributed by atoms with van der Waals surface area (Å²) in [6, 6.07) is 7.59. The zero-order valence-electron chi connectivity index (χ0n) is 10.9. The number of aromatic nitrogens is 1. The maximum Gasteiger partial charge on any atom is 0.399 e. The molecule has 2 aromatic rings. The zero-order chi connectivity index (χ0) is 13.7. The van der Waals surface area contributed by atoms with Crippen LogP contribution in [0, 0.1) is 0 Å². The van der Waals surface area contributed by atoms with Crippen LogP contribution in [0.1, 0.15) is 29.9 Å². The summed E-state index contributed by atoms with van der Waals surface area (Å²) in [4.78, 5) is 15.3. The van der Waals surface area contributed by atoms with E-state index in [2.05, 4.69) is 11.9 Å². The molecule has 100 valence electrons. The average Bonchev–Trinajstić information content (AvgIpc) is 2.88. The van der Waals surface area contributed by atoms with E-state index in [-0.39, 0.29) is 11.8 Å². The minimum Gasteiger partial charge on any atom is -0.461 e. The fourth-order valence-corrected chi connectivity index (χ4v) is 1.53.